The van der Waals surface area contributed by atoms with Crippen LogP contribution in [0.3, 0.4) is 0 Å². The van der Waals surface area contributed by atoms with Crippen molar-refractivity contribution >= 4 is 28.2 Å². The number of nitrogens with zero attached hydrogens (tertiary/aromatic N) is 1. The van der Waals surface area contributed by atoms with Crippen LogP contribution in [0.2, 0.25) is 0 Å². The summed E-state index contributed by atoms with van der Waals surface area (Å²) in [4.78, 5) is 14.8. The van der Waals surface area contributed by atoms with Crippen molar-refractivity contribution in [1.29, 1.82) is 0 Å². The molecule has 4 rings (SSSR count). The molecule has 1 amide bonds. The number of piperidine rings is 1. The number of likely N-dealkylation sites (tertiary alicyclic amines) is 1. The van der Waals surface area contributed by atoms with Crippen LogP contribution in [-0.4, -0.2) is 68.6 Å². The Hall–Kier alpha value is -2.24. The number of hydrogen-bond donors (Lipinski definition) is 2. The highest BCUT2D eigenvalue weighted by Crippen LogP contribution is 2.39. The van der Waals surface area contributed by atoms with Crippen molar-refractivity contribution < 1.29 is 32.3 Å². The summed E-state index contributed by atoms with van der Waals surface area (Å²) >= 11 is 0. The van der Waals surface area contributed by atoms with Crippen LogP contribution in [0.5, 0.6) is 5.75 Å². The van der Waals surface area contributed by atoms with Crippen LogP contribution in [0.4, 0.5) is 4.39 Å². The largest absolute Gasteiger partial charge is 0.488 e. The van der Waals surface area contributed by atoms with Gasteiger partial charge in [0.05, 0.1) is 11.5 Å². The molecule has 1 heterocycles. The zero-order chi connectivity index (χ0) is 24.3. The lowest BCUT2D eigenvalue weighted by Gasteiger charge is -2.39. The van der Waals surface area contributed by atoms with Gasteiger partial charge in [0, 0.05) is 26.2 Å². The lowest BCUT2D eigenvalue weighted by atomic mass is 9.94. The highest BCUT2D eigenvalue weighted by atomic mass is 35.5. The molecule has 0 atom stereocenters. The lowest BCUT2D eigenvalue weighted by molar-refractivity contribution is -0.133. The minimum Gasteiger partial charge on any atom is -0.488 e. The van der Waals surface area contributed by atoms with Crippen LogP contribution >= 0.6 is 12.4 Å². The molecule has 0 bridgehead atoms. The third-order valence-electron chi connectivity index (χ3n) is 6.67. The van der Waals surface area contributed by atoms with Crippen molar-refractivity contribution in [3.63, 3.8) is 0 Å². The fourth-order valence-electron chi connectivity index (χ4n) is 4.49. The lowest BCUT2D eigenvalue weighted by Crippen LogP contribution is -2.58. The molecule has 0 radical (unpaired) electrons. The molecule has 0 aromatic heterocycles. The highest BCUT2D eigenvalue weighted by Gasteiger charge is 2.53. The van der Waals surface area contributed by atoms with Gasteiger partial charge < -0.3 is 14.4 Å². The number of methoxy groups -OCH3 is 1. The molecule has 35 heavy (non-hydrogen) atoms. The Bertz CT molecular complexity index is 1130. The summed E-state index contributed by atoms with van der Waals surface area (Å²) in [6.45, 7) is 1.52. The van der Waals surface area contributed by atoms with Gasteiger partial charge in [-0.1, -0.05) is 18.2 Å². The first-order valence-corrected chi connectivity index (χ1v) is 12.8. The Kier molecular flexibility index (Phi) is 8.76. The smallest absolute Gasteiger partial charge is 0.265 e. The predicted octanol–water partition coefficient (Wildman–Crippen LogP) is 3.22. The average Bonchev–Trinajstić information content (AvgIpc) is 3.70. The quantitative estimate of drug-likeness (QED) is 0.292. The van der Waals surface area contributed by atoms with Gasteiger partial charge in [-0.25, -0.2) is 18.3 Å². The number of hydrogen-bond acceptors (Lipinski definition) is 7. The Balaban J connectivity index is 0.00000342. The first kappa shape index (κ1) is 27.3. The number of carbonyl (C=O) groups is 1. The third kappa shape index (κ3) is 5.46. The number of ether oxygens (including phenoxy) is 2. The second-order valence-corrected chi connectivity index (χ2v) is 11.0. The molecule has 0 spiro atoms. The summed E-state index contributed by atoms with van der Waals surface area (Å²) in [5, 5.41) is 9.33. The van der Waals surface area contributed by atoms with Crippen molar-refractivity contribution in [3.05, 3.63) is 48.3 Å². The van der Waals surface area contributed by atoms with E-state index in [2.05, 4.69) is 4.90 Å². The Labute approximate surface area is 210 Å². The molecule has 2 aromatic carbocycles. The van der Waals surface area contributed by atoms with E-state index >= 15 is 0 Å². The fourth-order valence-corrected chi connectivity index (χ4v) is 6.45. The standard InChI is InChI=1S/C24H29FN2O6S.ClH/c1-32-14-15-33-22-9-4-18(16-21(22)25)17-2-7-20(8-3-17)34(30,31)24(23(28)26-29)10-12-27(13-11-24)19-5-6-19;/h2-4,7-9,16,19,29H,5-6,10-15H2,1H3,(H,26,28);1H. The molecule has 0 unspecified atom stereocenters. The number of rotatable bonds is 9. The topological polar surface area (TPSA) is 105 Å². The van der Waals surface area contributed by atoms with Gasteiger partial charge in [-0.3, -0.25) is 10.0 Å². The Morgan fingerprint density at radius 1 is 1.11 bits per heavy atom. The van der Waals surface area contributed by atoms with E-state index in [1.165, 1.54) is 31.4 Å². The molecule has 2 aliphatic rings. The van der Waals surface area contributed by atoms with E-state index in [0.29, 0.717) is 36.9 Å². The van der Waals surface area contributed by atoms with Crippen molar-refractivity contribution in [3.8, 4) is 16.9 Å². The van der Waals surface area contributed by atoms with E-state index in [0.717, 1.165) is 12.8 Å². The van der Waals surface area contributed by atoms with Crippen LogP contribution in [0.1, 0.15) is 25.7 Å². The van der Waals surface area contributed by atoms with E-state index in [1.807, 2.05) is 0 Å². The van der Waals surface area contributed by atoms with Gasteiger partial charge in [0.25, 0.3) is 5.91 Å². The number of hydroxylamine groups is 1. The molecule has 8 nitrogen and oxygen atoms in total. The molecule has 1 aliphatic heterocycles. The second-order valence-electron chi connectivity index (χ2n) is 8.72. The van der Waals surface area contributed by atoms with Gasteiger partial charge in [-0.15, -0.1) is 12.4 Å². The maximum Gasteiger partial charge on any atom is 0.265 e. The molecule has 1 saturated carbocycles. The molecular formula is C24H30ClFN2O6S. The van der Waals surface area contributed by atoms with E-state index in [9.17, 15) is 22.8 Å². The summed E-state index contributed by atoms with van der Waals surface area (Å²) in [6, 6.07) is 11.0. The molecule has 2 aromatic rings. The molecule has 2 fully saturated rings. The van der Waals surface area contributed by atoms with Crippen LogP contribution in [0.25, 0.3) is 11.1 Å². The molecule has 192 valence electrons. The van der Waals surface area contributed by atoms with Gasteiger partial charge in [-0.05, 0) is 61.1 Å². The molecule has 11 heteroatoms. The summed E-state index contributed by atoms with van der Waals surface area (Å²) in [7, 11) is -2.57. The third-order valence-corrected chi connectivity index (χ3v) is 9.19. The summed E-state index contributed by atoms with van der Waals surface area (Å²) in [5.74, 6) is -1.33. The minimum atomic E-state index is -4.10. The zero-order valence-corrected chi connectivity index (χ0v) is 21.0. The molecule has 2 N–H and O–H groups in total. The number of nitrogens with one attached hydrogen (secondary N) is 1. The van der Waals surface area contributed by atoms with Crippen molar-refractivity contribution in [2.45, 2.75) is 41.4 Å². The van der Waals surface area contributed by atoms with Crippen molar-refractivity contribution in [2.75, 3.05) is 33.4 Å². The number of halogens is 2. The van der Waals surface area contributed by atoms with Gasteiger partial charge >= 0.3 is 0 Å². The average molecular weight is 529 g/mol. The van der Waals surface area contributed by atoms with Crippen LogP contribution < -0.4 is 10.2 Å². The molecule has 1 aliphatic carbocycles. The normalized spacial score (nSPS) is 17.9. The predicted molar refractivity (Wildman–Crippen MR) is 130 cm³/mol. The summed E-state index contributed by atoms with van der Waals surface area (Å²) in [6.07, 6.45) is 2.40. The number of sulfone groups is 1. The first-order chi connectivity index (χ1) is 16.3. The van der Waals surface area contributed by atoms with Crippen LogP contribution in [0.15, 0.2) is 47.4 Å². The van der Waals surface area contributed by atoms with Gasteiger partial charge in [0.15, 0.2) is 26.2 Å². The van der Waals surface area contributed by atoms with Crippen molar-refractivity contribution in [2.24, 2.45) is 0 Å². The van der Waals surface area contributed by atoms with E-state index in [4.69, 9.17) is 9.47 Å². The number of carbonyl (C=O) groups excluding carboxylic acids is 1. The Morgan fingerprint density at radius 3 is 2.29 bits per heavy atom. The van der Waals surface area contributed by atoms with Crippen molar-refractivity contribution in [1.82, 2.24) is 10.4 Å². The molecule has 1 saturated heterocycles. The summed E-state index contributed by atoms with van der Waals surface area (Å²) < 4.78 is 50.1. The summed E-state index contributed by atoms with van der Waals surface area (Å²) in [5.41, 5.74) is 2.75. The zero-order valence-electron chi connectivity index (χ0n) is 19.4. The van der Waals surface area contributed by atoms with E-state index in [-0.39, 0.29) is 42.5 Å². The fraction of sp³-hybridized carbons (Fsp3) is 0.458. The second kappa shape index (κ2) is 11.2. The minimum absolute atomic E-state index is 0. The van der Waals surface area contributed by atoms with Crippen LogP contribution in [0, 0.1) is 5.82 Å². The SMILES string of the molecule is COCCOc1ccc(-c2ccc(S(=O)(=O)C3(C(=O)NO)CCN(C4CC4)CC3)cc2)cc1F.Cl. The van der Waals surface area contributed by atoms with Gasteiger partial charge in [0.2, 0.25) is 0 Å². The number of benzene rings is 2. The number of amides is 1. The first-order valence-electron chi connectivity index (χ1n) is 11.3. The van der Waals surface area contributed by atoms with E-state index in [1.54, 1.807) is 23.7 Å². The van der Waals surface area contributed by atoms with Gasteiger partial charge in [0.1, 0.15) is 6.61 Å². The maximum absolute atomic E-state index is 14.4. The monoisotopic (exact) mass is 528 g/mol. The Morgan fingerprint density at radius 2 is 1.74 bits per heavy atom. The maximum atomic E-state index is 14.4. The van der Waals surface area contributed by atoms with Crippen LogP contribution in [-0.2, 0) is 19.4 Å². The molecular weight excluding hydrogens is 499 g/mol. The highest BCUT2D eigenvalue weighted by molar-refractivity contribution is 7.93. The van der Waals surface area contributed by atoms with E-state index < -0.39 is 26.3 Å². The van der Waals surface area contributed by atoms with Gasteiger partial charge in [-0.2, -0.15) is 0 Å².